The van der Waals surface area contributed by atoms with Crippen molar-refractivity contribution < 1.29 is 0 Å². The zero-order valence-corrected chi connectivity index (χ0v) is 11.8. The van der Waals surface area contributed by atoms with Crippen molar-refractivity contribution in [3.8, 4) is 0 Å². The highest BCUT2D eigenvalue weighted by atomic mass is 32.2. The maximum Gasteiger partial charge on any atom is 0.176 e. The zero-order valence-electron chi connectivity index (χ0n) is 8.54. The van der Waals surface area contributed by atoms with Gasteiger partial charge in [0.25, 0.3) is 0 Å². The second-order valence-corrected chi connectivity index (χ2v) is 5.84. The number of nitrogens with zero attached hydrogens (tertiary/aromatic N) is 3. The van der Waals surface area contributed by atoms with Gasteiger partial charge < -0.3 is 0 Å². The van der Waals surface area contributed by atoms with Crippen LogP contribution in [-0.4, -0.2) is 30.4 Å². The topological polar surface area (TPSA) is 29.0 Å². The van der Waals surface area contributed by atoms with Crippen LogP contribution >= 0.6 is 47.5 Å². The molecule has 0 unspecified atom stereocenters. The fraction of sp³-hybridized carbons (Fsp3) is 0.222. The molecular weight excluding hydrogens is 278 g/mol. The summed E-state index contributed by atoms with van der Waals surface area (Å²) in [5, 5.41) is 8.51. The van der Waals surface area contributed by atoms with Crippen LogP contribution in [0.1, 0.15) is 5.01 Å². The van der Waals surface area contributed by atoms with Gasteiger partial charge >= 0.3 is 0 Å². The van der Waals surface area contributed by atoms with Crippen LogP contribution < -0.4 is 0 Å². The summed E-state index contributed by atoms with van der Waals surface area (Å²) in [5.41, 5.74) is 1.68. The molecule has 7 heteroatoms. The van der Waals surface area contributed by atoms with Crippen LogP contribution in [-0.2, 0) is 0 Å². The van der Waals surface area contributed by atoms with Crippen LogP contribution in [0.4, 0.5) is 0 Å². The largest absolute Gasteiger partial charge is 0.244 e. The fourth-order valence-electron chi connectivity index (χ4n) is 0.740. The molecule has 3 nitrogen and oxygen atoms in total. The monoisotopic (exact) mass is 289 g/mol. The second-order valence-electron chi connectivity index (χ2n) is 2.48. The maximum absolute atomic E-state index is 5.35. The van der Waals surface area contributed by atoms with Crippen LogP contribution in [0.15, 0.2) is 30.8 Å². The Hall–Kier alpha value is -0.370. The summed E-state index contributed by atoms with van der Waals surface area (Å²) >= 11 is 9.98. The number of hydrogen-bond acceptors (Lipinski definition) is 6. The first kappa shape index (κ1) is 13.7. The molecule has 0 aliphatic heterocycles. The van der Waals surface area contributed by atoms with E-state index in [4.69, 9.17) is 12.2 Å². The molecule has 0 N–H and O–H groups in total. The minimum absolute atomic E-state index is 0.696. The molecule has 0 radical (unpaired) electrons. The Bertz CT molecular complexity index is 338. The van der Waals surface area contributed by atoms with E-state index >= 15 is 0 Å². The molecule has 0 aliphatic carbocycles. The molecule has 0 saturated heterocycles. The predicted molar refractivity (Wildman–Crippen MR) is 78.8 cm³/mol. The van der Waals surface area contributed by atoms with Crippen LogP contribution in [0, 0.1) is 0 Å². The highest BCUT2D eigenvalue weighted by Gasteiger charge is 2.15. The van der Waals surface area contributed by atoms with Crippen molar-refractivity contribution in [1.82, 2.24) is 13.9 Å². The molecule has 1 rings (SSSR count). The Morgan fingerprint density at radius 1 is 1.44 bits per heavy atom. The summed E-state index contributed by atoms with van der Waals surface area (Å²) < 4.78 is 1.96. The molecule has 0 aliphatic rings. The van der Waals surface area contributed by atoms with E-state index in [1.165, 1.54) is 11.3 Å². The molecule has 0 saturated carbocycles. The van der Waals surface area contributed by atoms with Crippen LogP contribution in [0.2, 0.25) is 0 Å². The Kier molecular flexibility index (Phi) is 6.70. The molecule has 0 amide bonds. The lowest BCUT2D eigenvalue weighted by molar-refractivity contribution is 1.06. The van der Waals surface area contributed by atoms with E-state index in [9.17, 15) is 0 Å². The van der Waals surface area contributed by atoms with Gasteiger partial charge in [0.2, 0.25) is 0 Å². The van der Waals surface area contributed by atoms with Gasteiger partial charge in [-0.05, 0) is 23.9 Å². The van der Waals surface area contributed by atoms with E-state index in [-0.39, 0.29) is 0 Å². The van der Waals surface area contributed by atoms with Gasteiger partial charge in [0.1, 0.15) is 5.51 Å². The summed E-state index contributed by atoms with van der Waals surface area (Å²) in [4.78, 5) is 0.696. The van der Waals surface area contributed by atoms with E-state index in [1.807, 2.05) is 15.9 Å². The van der Waals surface area contributed by atoms with Gasteiger partial charge in [-0.1, -0.05) is 35.7 Å². The molecule has 1 aromatic heterocycles. The Labute approximate surface area is 113 Å². The minimum Gasteiger partial charge on any atom is -0.244 e. The molecule has 0 bridgehead atoms. The van der Waals surface area contributed by atoms with Crippen molar-refractivity contribution in [3.63, 3.8) is 0 Å². The molecule has 0 aromatic carbocycles. The molecular formula is C9H11N3S4. The van der Waals surface area contributed by atoms with Crippen molar-refractivity contribution in [2.75, 3.05) is 11.5 Å². The van der Waals surface area contributed by atoms with Gasteiger partial charge in [-0.3, -0.25) is 0 Å². The van der Waals surface area contributed by atoms with Gasteiger partial charge in [-0.25, -0.2) is 3.71 Å². The van der Waals surface area contributed by atoms with E-state index < -0.39 is 0 Å². The van der Waals surface area contributed by atoms with E-state index in [0.29, 0.717) is 4.99 Å². The predicted octanol–water partition coefficient (Wildman–Crippen LogP) is 3.18. The normalized spacial score (nSPS) is 9.75. The summed E-state index contributed by atoms with van der Waals surface area (Å²) in [5.74, 6) is 1.62. The van der Waals surface area contributed by atoms with Crippen molar-refractivity contribution in [1.29, 1.82) is 0 Å². The zero-order chi connectivity index (χ0) is 11.8. The summed E-state index contributed by atoms with van der Waals surface area (Å²) in [6.45, 7) is 7.38. The molecule has 0 fully saturated rings. The summed E-state index contributed by atoms with van der Waals surface area (Å²) in [7, 11) is 0. The SMILES string of the molecule is C=CCSN(SCC=C)C(=S)c1nncs1. The third-order valence-electron chi connectivity index (χ3n) is 1.33. The van der Waals surface area contributed by atoms with Crippen molar-refractivity contribution in [2.24, 2.45) is 0 Å². The lowest BCUT2D eigenvalue weighted by Crippen LogP contribution is -2.17. The minimum atomic E-state index is 0.696. The first-order valence-electron chi connectivity index (χ1n) is 4.37. The maximum atomic E-state index is 5.35. The highest BCUT2D eigenvalue weighted by Crippen LogP contribution is 2.26. The van der Waals surface area contributed by atoms with E-state index in [1.54, 1.807) is 29.4 Å². The molecule has 0 atom stereocenters. The summed E-state index contributed by atoms with van der Waals surface area (Å²) in [6.07, 6.45) is 3.68. The standard InChI is InChI=1S/C9H11N3S4/c1-3-5-15-12(16-6-4-2)9(13)8-11-10-7-14-8/h3-4,7H,1-2,5-6H2. The van der Waals surface area contributed by atoms with Crippen LogP contribution in [0.25, 0.3) is 0 Å². The van der Waals surface area contributed by atoms with Gasteiger partial charge in [0, 0.05) is 11.5 Å². The van der Waals surface area contributed by atoms with Crippen molar-refractivity contribution in [2.45, 2.75) is 0 Å². The lowest BCUT2D eigenvalue weighted by atomic mass is 10.7. The molecule has 86 valence electrons. The average Bonchev–Trinajstić information content (AvgIpc) is 2.82. The Balaban J connectivity index is 2.63. The van der Waals surface area contributed by atoms with Gasteiger partial charge in [0.15, 0.2) is 10.00 Å². The van der Waals surface area contributed by atoms with Crippen molar-refractivity contribution >= 4 is 52.4 Å². The van der Waals surface area contributed by atoms with Gasteiger partial charge in [-0.2, -0.15) is 0 Å². The van der Waals surface area contributed by atoms with Gasteiger partial charge in [-0.15, -0.1) is 23.4 Å². The Morgan fingerprint density at radius 3 is 2.50 bits per heavy atom. The number of aromatic nitrogens is 2. The van der Waals surface area contributed by atoms with Crippen LogP contribution in [0.5, 0.6) is 0 Å². The number of rotatable bonds is 7. The lowest BCUT2D eigenvalue weighted by Gasteiger charge is -2.19. The fourth-order valence-corrected chi connectivity index (χ4v) is 3.39. The smallest absolute Gasteiger partial charge is 0.176 e. The number of hydrogen-bond donors (Lipinski definition) is 0. The first-order chi connectivity index (χ1) is 7.79. The van der Waals surface area contributed by atoms with Crippen molar-refractivity contribution in [3.05, 3.63) is 35.8 Å². The second kappa shape index (κ2) is 7.83. The molecule has 1 heterocycles. The quantitative estimate of drug-likeness (QED) is 0.435. The first-order valence-corrected chi connectivity index (χ1v) is 7.55. The molecule has 16 heavy (non-hydrogen) atoms. The highest BCUT2D eigenvalue weighted by molar-refractivity contribution is 8.13. The van der Waals surface area contributed by atoms with Gasteiger partial charge in [0.05, 0.1) is 0 Å². The van der Waals surface area contributed by atoms with E-state index in [0.717, 1.165) is 16.5 Å². The number of thiocarbonyl (C=S) groups is 1. The third-order valence-corrected chi connectivity index (χ3v) is 5.00. The molecule has 1 aromatic rings. The molecule has 0 spiro atoms. The van der Waals surface area contributed by atoms with Crippen LogP contribution in [0.3, 0.4) is 0 Å². The third kappa shape index (κ3) is 4.25. The summed E-state index contributed by atoms with van der Waals surface area (Å²) in [6, 6.07) is 0. The average molecular weight is 289 g/mol. The van der Waals surface area contributed by atoms with E-state index in [2.05, 4.69) is 23.4 Å². The Morgan fingerprint density at radius 2 is 2.06 bits per heavy atom.